The van der Waals surface area contributed by atoms with Crippen LogP contribution in [0.15, 0.2) is 36.5 Å². The molecule has 0 aliphatic heterocycles. The van der Waals surface area contributed by atoms with Crippen molar-refractivity contribution in [2.45, 2.75) is 13.1 Å². The molecule has 1 heterocycles. The van der Waals surface area contributed by atoms with Crippen LogP contribution in [0.2, 0.25) is 0 Å². The van der Waals surface area contributed by atoms with E-state index in [1.807, 2.05) is 18.2 Å². The van der Waals surface area contributed by atoms with Gasteiger partial charge in [-0.15, -0.1) is 0 Å². The Kier molecular flexibility index (Phi) is 4.64. The Hall–Kier alpha value is -2.45. The Morgan fingerprint density at radius 3 is 2.95 bits per heavy atom. The van der Waals surface area contributed by atoms with Crippen LogP contribution in [0, 0.1) is 17.1 Å². The summed E-state index contributed by atoms with van der Waals surface area (Å²) in [5, 5.41) is 12.0. The fraction of sp³-hybridized carbons (Fsp3) is 0.200. The van der Waals surface area contributed by atoms with E-state index < -0.39 is 5.82 Å². The van der Waals surface area contributed by atoms with E-state index in [1.54, 1.807) is 19.4 Å². The molecule has 0 fully saturated rings. The molecule has 0 aliphatic carbocycles. The number of benzene rings is 1. The van der Waals surface area contributed by atoms with Crippen LogP contribution < -0.4 is 10.1 Å². The van der Waals surface area contributed by atoms with Crippen LogP contribution in [-0.2, 0) is 13.1 Å². The maximum absolute atomic E-state index is 13.3. The number of halogens is 1. The predicted octanol–water partition coefficient (Wildman–Crippen LogP) is 2.39. The van der Waals surface area contributed by atoms with Crippen LogP contribution in [0.25, 0.3) is 0 Å². The predicted molar refractivity (Wildman–Crippen MR) is 72.4 cm³/mol. The van der Waals surface area contributed by atoms with Crippen molar-refractivity contribution in [1.82, 2.24) is 10.3 Å². The van der Waals surface area contributed by atoms with Crippen molar-refractivity contribution in [3.63, 3.8) is 0 Å². The number of pyridine rings is 1. The molecule has 2 rings (SSSR count). The third-order valence-corrected chi connectivity index (χ3v) is 2.77. The molecule has 0 saturated heterocycles. The molecule has 0 saturated carbocycles. The van der Waals surface area contributed by atoms with Crippen LogP contribution in [0.5, 0.6) is 5.88 Å². The zero-order valence-corrected chi connectivity index (χ0v) is 11.1. The van der Waals surface area contributed by atoms with E-state index in [4.69, 9.17) is 10.00 Å². The third kappa shape index (κ3) is 3.53. The Balaban J connectivity index is 1.99. The van der Waals surface area contributed by atoms with Gasteiger partial charge in [0.1, 0.15) is 5.82 Å². The summed E-state index contributed by atoms with van der Waals surface area (Å²) in [6.45, 7) is 1.01. The number of aromatic nitrogens is 1. The fourth-order valence-corrected chi connectivity index (χ4v) is 1.90. The minimum atomic E-state index is -0.403. The first-order chi connectivity index (χ1) is 9.72. The van der Waals surface area contributed by atoms with Crippen LogP contribution >= 0.6 is 0 Å². The number of hydrogen-bond acceptors (Lipinski definition) is 4. The molecular weight excluding hydrogens is 257 g/mol. The molecule has 0 spiro atoms. The highest BCUT2D eigenvalue weighted by molar-refractivity contribution is 5.33. The fourth-order valence-electron chi connectivity index (χ4n) is 1.90. The summed E-state index contributed by atoms with van der Waals surface area (Å²) in [5.41, 5.74) is 1.97. The Morgan fingerprint density at radius 1 is 1.35 bits per heavy atom. The monoisotopic (exact) mass is 271 g/mol. The SMILES string of the molecule is COc1ncccc1CNCc1cc(F)cc(C#N)c1. The van der Waals surface area contributed by atoms with Gasteiger partial charge in [-0.25, -0.2) is 9.37 Å². The Labute approximate surface area is 116 Å². The summed E-state index contributed by atoms with van der Waals surface area (Å²) in [6, 6.07) is 9.96. The molecule has 1 aromatic heterocycles. The van der Waals surface area contributed by atoms with E-state index in [-0.39, 0.29) is 0 Å². The second kappa shape index (κ2) is 6.64. The van der Waals surface area contributed by atoms with Crippen molar-refractivity contribution in [2.24, 2.45) is 0 Å². The maximum atomic E-state index is 13.3. The number of nitriles is 1. The highest BCUT2D eigenvalue weighted by atomic mass is 19.1. The first-order valence-electron chi connectivity index (χ1n) is 6.11. The lowest BCUT2D eigenvalue weighted by Gasteiger charge is -2.08. The van der Waals surface area contributed by atoms with Gasteiger partial charge in [-0.05, 0) is 29.8 Å². The average molecular weight is 271 g/mol. The lowest BCUT2D eigenvalue weighted by Crippen LogP contribution is -2.14. The topological polar surface area (TPSA) is 57.9 Å². The van der Waals surface area contributed by atoms with Crippen LogP contribution in [-0.4, -0.2) is 12.1 Å². The number of methoxy groups -OCH3 is 1. The van der Waals surface area contributed by atoms with Gasteiger partial charge < -0.3 is 10.1 Å². The summed E-state index contributed by atoms with van der Waals surface area (Å²) in [5.74, 6) is 0.164. The van der Waals surface area contributed by atoms with Crippen molar-refractivity contribution in [1.29, 1.82) is 5.26 Å². The Morgan fingerprint density at radius 2 is 2.20 bits per heavy atom. The Bertz CT molecular complexity index is 637. The second-order valence-electron chi connectivity index (χ2n) is 4.24. The standard InChI is InChI=1S/C15H14FN3O/c1-20-15-13(3-2-4-19-15)10-18-9-12-5-11(8-17)6-14(16)7-12/h2-7,18H,9-10H2,1H3. The van der Waals surface area contributed by atoms with Crippen molar-refractivity contribution >= 4 is 0 Å². The van der Waals surface area contributed by atoms with Gasteiger partial charge >= 0.3 is 0 Å². The summed E-state index contributed by atoms with van der Waals surface area (Å²) < 4.78 is 18.4. The van der Waals surface area contributed by atoms with Gasteiger partial charge in [0.2, 0.25) is 5.88 Å². The molecule has 0 aliphatic rings. The van der Waals surface area contributed by atoms with Gasteiger partial charge in [-0.2, -0.15) is 5.26 Å². The van der Waals surface area contributed by atoms with Crippen LogP contribution in [0.1, 0.15) is 16.7 Å². The molecule has 4 nitrogen and oxygen atoms in total. The lowest BCUT2D eigenvalue weighted by molar-refractivity contribution is 0.390. The molecular formula is C15H14FN3O. The summed E-state index contributed by atoms with van der Waals surface area (Å²) in [4.78, 5) is 4.10. The van der Waals surface area contributed by atoms with Gasteiger partial charge in [0.15, 0.2) is 0 Å². The molecule has 2 aromatic rings. The second-order valence-corrected chi connectivity index (χ2v) is 4.24. The normalized spacial score (nSPS) is 10.1. The van der Waals surface area contributed by atoms with Gasteiger partial charge in [-0.3, -0.25) is 0 Å². The van der Waals surface area contributed by atoms with E-state index in [0.717, 1.165) is 11.1 Å². The lowest BCUT2D eigenvalue weighted by atomic mass is 10.1. The van der Waals surface area contributed by atoms with Crippen LogP contribution in [0.3, 0.4) is 0 Å². The average Bonchev–Trinajstić information content (AvgIpc) is 2.47. The van der Waals surface area contributed by atoms with Gasteiger partial charge in [0.25, 0.3) is 0 Å². The van der Waals surface area contributed by atoms with E-state index in [9.17, 15) is 4.39 Å². The van der Waals surface area contributed by atoms with Gasteiger partial charge in [0.05, 0.1) is 18.7 Å². The van der Waals surface area contributed by atoms with Crippen molar-refractivity contribution < 1.29 is 9.13 Å². The summed E-state index contributed by atoms with van der Waals surface area (Å²) in [7, 11) is 1.57. The van der Waals surface area contributed by atoms with Gasteiger partial charge in [0, 0.05) is 24.8 Å². The molecule has 0 amide bonds. The molecule has 102 valence electrons. The molecule has 1 N–H and O–H groups in total. The zero-order valence-electron chi connectivity index (χ0n) is 11.1. The molecule has 5 heteroatoms. The first-order valence-corrected chi connectivity index (χ1v) is 6.11. The minimum absolute atomic E-state index is 0.320. The van der Waals surface area contributed by atoms with Crippen molar-refractivity contribution in [3.8, 4) is 11.9 Å². The largest absolute Gasteiger partial charge is 0.481 e. The van der Waals surface area contributed by atoms with E-state index >= 15 is 0 Å². The number of rotatable bonds is 5. The number of nitrogens with one attached hydrogen (secondary N) is 1. The van der Waals surface area contributed by atoms with Gasteiger partial charge in [-0.1, -0.05) is 6.07 Å². The molecule has 1 aromatic carbocycles. The number of ether oxygens (including phenoxy) is 1. The third-order valence-electron chi connectivity index (χ3n) is 2.77. The molecule has 20 heavy (non-hydrogen) atoms. The van der Waals surface area contributed by atoms with Crippen molar-refractivity contribution in [3.05, 3.63) is 59.0 Å². The molecule has 0 unspecified atom stereocenters. The number of hydrogen-bond donors (Lipinski definition) is 1. The van der Waals surface area contributed by atoms with E-state index in [0.29, 0.717) is 24.5 Å². The maximum Gasteiger partial charge on any atom is 0.217 e. The molecule has 0 atom stereocenters. The quantitative estimate of drug-likeness (QED) is 0.907. The summed E-state index contributed by atoms with van der Waals surface area (Å²) >= 11 is 0. The first kappa shape index (κ1) is 14.0. The molecule has 0 bridgehead atoms. The van der Waals surface area contributed by atoms with E-state index in [2.05, 4.69) is 10.3 Å². The van der Waals surface area contributed by atoms with Crippen molar-refractivity contribution in [2.75, 3.05) is 7.11 Å². The van der Waals surface area contributed by atoms with Crippen LogP contribution in [0.4, 0.5) is 4.39 Å². The minimum Gasteiger partial charge on any atom is -0.481 e. The van der Waals surface area contributed by atoms with E-state index in [1.165, 1.54) is 12.1 Å². The molecule has 0 radical (unpaired) electrons. The highest BCUT2D eigenvalue weighted by Gasteiger charge is 2.04. The smallest absolute Gasteiger partial charge is 0.217 e. The zero-order chi connectivity index (χ0) is 14.4. The highest BCUT2D eigenvalue weighted by Crippen LogP contribution is 2.13. The summed E-state index contributed by atoms with van der Waals surface area (Å²) in [6.07, 6.45) is 1.66. The number of nitrogens with zero attached hydrogens (tertiary/aromatic N) is 2.